The number of nitrogens with zero attached hydrogens (tertiary/aromatic N) is 1. The summed E-state index contributed by atoms with van der Waals surface area (Å²) in [4.78, 5) is 13.6. The molecule has 0 bridgehead atoms. The molecule has 120 valence electrons. The van der Waals surface area contributed by atoms with Crippen LogP contribution in [0.4, 0.5) is 14.9 Å². The van der Waals surface area contributed by atoms with Crippen LogP contribution < -0.4 is 5.73 Å². The molecule has 4 nitrogen and oxygen atoms in total. The zero-order chi connectivity index (χ0) is 16.5. The Bertz CT molecular complexity index is 623. The number of amides is 1. The number of rotatable bonds is 1. The van der Waals surface area contributed by atoms with Gasteiger partial charge >= 0.3 is 6.09 Å². The highest BCUT2D eigenvalue weighted by atomic mass is 35.5. The molecule has 0 unspecified atom stereocenters. The van der Waals surface area contributed by atoms with Gasteiger partial charge in [-0.15, -0.1) is 0 Å². The highest BCUT2D eigenvalue weighted by Crippen LogP contribution is 2.30. The predicted molar refractivity (Wildman–Crippen MR) is 86.2 cm³/mol. The standard InChI is InChI=1S/C16H20ClFN2O2/c1-16(2,3)22-15(21)20-6-4-10(5-7-20)12-8-11(17)9-13(19)14(12)18/h4,8-9H,5-7,19H2,1-3H3. The predicted octanol–water partition coefficient (Wildman–Crippen LogP) is 4.09. The minimum Gasteiger partial charge on any atom is -0.444 e. The van der Waals surface area contributed by atoms with Crippen molar-refractivity contribution in [3.63, 3.8) is 0 Å². The monoisotopic (exact) mass is 326 g/mol. The third-order valence-corrected chi connectivity index (χ3v) is 3.49. The summed E-state index contributed by atoms with van der Waals surface area (Å²) in [5.74, 6) is -0.471. The van der Waals surface area contributed by atoms with Crippen LogP contribution in [-0.2, 0) is 4.74 Å². The second-order valence-electron chi connectivity index (χ2n) is 6.26. The molecule has 22 heavy (non-hydrogen) atoms. The van der Waals surface area contributed by atoms with E-state index in [1.807, 2.05) is 26.8 Å². The van der Waals surface area contributed by atoms with E-state index in [1.54, 1.807) is 11.0 Å². The minimum atomic E-state index is -0.533. The first-order valence-corrected chi connectivity index (χ1v) is 7.47. The van der Waals surface area contributed by atoms with Crippen molar-refractivity contribution in [1.29, 1.82) is 0 Å². The largest absolute Gasteiger partial charge is 0.444 e. The topological polar surface area (TPSA) is 55.6 Å². The molecule has 1 aromatic carbocycles. The summed E-state index contributed by atoms with van der Waals surface area (Å²) < 4.78 is 19.4. The number of carbonyl (C=O) groups is 1. The Morgan fingerprint density at radius 1 is 1.41 bits per heavy atom. The fourth-order valence-electron chi connectivity index (χ4n) is 2.25. The van der Waals surface area contributed by atoms with Crippen LogP contribution in [0.1, 0.15) is 32.8 Å². The number of nitrogen functional groups attached to an aromatic ring is 1. The van der Waals surface area contributed by atoms with Crippen LogP contribution >= 0.6 is 11.6 Å². The van der Waals surface area contributed by atoms with Crippen LogP contribution in [0.5, 0.6) is 0 Å². The molecule has 1 aliphatic heterocycles. The molecule has 6 heteroatoms. The van der Waals surface area contributed by atoms with Gasteiger partial charge in [0.15, 0.2) is 5.82 Å². The van der Waals surface area contributed by atoms with E-state index in [4.69, 9.17) is 22.1 Å². The molecule has 2 N–H and O–H groups in total. The summed E-state index contributed by atoms with van der Waals surface area (Å²) >= 11 is 5.93. The Morgan fingerprint density at radius 3 is 2.64 bits per heavy atom. The number of ether oxygens (including phenoxy) is 1. The number of benzene rings is 1. The first-order valence-electron chi connectivity index (χ1n) is 7.09. The Kier molecular flexibility index (Phi) is 4.66. The van der Waals surface area contributed by atoms with Crippen molar-refractivity contribution in [1.82, 2.24) is 4.90 Å². The van der Waals surface area contributed by atoms with Gasteiger partial charge in [0.2, 0.25) is 0 Å². The van der Waals surface area contributed by atoms with E-state index >= 15 is 0 Å². The van der Waals surface area contributed by atoms with Crippen LogP contribution in [0.2, 0.25) is 5.02 Å². The van der Waals surface area contributed by atoms with Crippen molar-refractivity contribution in [2.24, 2.45) is 0 Å². The molecule has 1 aromatic rings. The molecule has 0 saturated carbocycles. The maximum atomic E-state index is 14.1. The van der Waals surface area contributed by atoms with Crippen molar-refractivity contribution in [2.75, 3.05) is 18.8 Å². The van der Waals surface area contributed by atoms with E-state index in [9.17, 15) is 9.18 Å². The molecule has 0 atom stereocenters. The SMILES string of the molecule is CC(C)(C)OC(=O)N1CC=C(c2cc(Cl)cc(N)c2F)CC1. The van der Waals surface area contributed by atoms with Crippen LogP contribution in [0.3, 0.4) is 0 Å². The van der Waals surface area contributed by atoms with Gasteiger partial charge in [0, 0.05) is 23.7 Å². The molecular weight excluding hydrogens is 307 g/mol. The van der Waals surface area contributed by atoms with Crippen LogP contribution in [0.15, 0.2) is 18.2 Å². The number of anilines is 1. The number of carbonyl (C=O) groups excluding carboxylic acids is 1. The zero-order valence-electron chi connectivity index (χ0n) is 13.0. The van der Waals surface area contributed by atoms with Crippen molar-refractivity contribution >= 4 is 29.0 Å². The van der Waals surface area contributed by atoms with Gasteiger partial charge in [-0.2, -0.15) is 0 Å². The van der Waals surface area contributed by atoms with E-state index in [0.717, 1.165) is 5.57 Å². The lowest BCUT2D eigenvalue weighted by Gasteiger charge is -2.29. The fraction of sp³-hybridized carbons (Fsp3) is 0.438. The normalized spacial score (nSPS) is 15.5. The number of hydrogen-bond acceptors (Lipinski definition) is 3. The van der Waals surface area contributed by atoms with Gasteiger partial charge in [-0.05, 0) is 44.9 Å². The Hall–Kier alpha value is -1.75. The first-order chi connectivity index (χ1) is 10.2. The second-order valence-corrected chi connectivity index (χ2v) is 6.70. The molecule has 2 rings (SSSR count). The molecule has 1 heterocycles. The summed E-state index contributed by atoms with van der Waals surface area (Å²) in [5.41, 5.74) is 6.29. The zero-order valence-corrected chi connectivity index (χ0v) is 13.7. The minimum absolute atomic E-state index is 0.0259. The molecule has 0 spiro atoms. The molecule has 0 fully saturated rings. The molecule has 1 aliphatic rings. The van der Waals surface area contributed by atoms with Gasteiger partial charge in [0.1, 0.15) is 5.60 Å². The maximum Gasteiger partial charge on any atom is 0.410 e. The van der Waals surface area contributed by atoms with Crippen LogP contribution in [0, 0.1) is 5.82 Å². The quantitative estimate of drug-likeness (QED) is 0.791. The van der Waals surface area contributed by atoms with E-state index in [2.05, 4.69) is 0 Å². The highest BCUT2D eigenvalue weighted by molar-refractivity contribution is 6.31. The molecule has 0 aromatic heterocycles. The lowest BCUT2D eigenvalue weighted by atomic mass is 9.98. The van der Waals surface area contributed by atoms with Crippen molar-refractivity contribution < 1.29 is 13.9 Å². The lowest BCUT2D eigenvalue weighted by molar-refractivity contribution is 0.0270. The lowest BCUT2D eigenvalue weighted by Crippen LogP contribution is -2.39. The number of hydrogen-bond donors (Lipinski definition) is 1. The van der Waals surface area contributed by atoms with Crippen LogP contribution in [-0.4, -0.2) is 29.7 Å². The van der Waals surface area contributed by atoms with Crippen molar-refractivity contribution in [3.05, 3.63) is 34.6 Å². The van der Waals surface area contributed by atoms with Crippen molar-refractivity contribution in [3.8, 4) is 0 Å². The van der Waals surface area contributed by atoms with E-state index in [1.165, 1.54) is 6.07 Å². The Labute approximate surface area is 134 Å². The Morgan fingerprint density at radius 2 is 2.09 bits per heavy atom. The first kappa shape index (κ1) is 16.6. The summed E-state index contributed by atoms with van der Waals surface area (Å²) in [7, 11) is 0. The summed E-state index contributed by atoms with van der Waals surface area (Å²) in [6.45, 7) is 6.30. The highest BCUT2D eigenvalue weighted by Gasteiger charge is 2.24. The molecular formula is C16H20ClFN2O2. The van der Waals surface area contributed by atoms with Crippen molar-refractivity contribution in [2.45, 2.75) is 32.8 Å². The summed E-state index contributed by atoms with van der Waals surface area (Å²) in [6.07, 6.45) is 1.96. The van der Waals surface area contributed by atoms with E-state index in [-0.39, 0.29) is 11.8 Å². The van der Waals surface area contributed by atoms with Gasteiger partial charge < -0.3 is 15.4 Å². The van der Waals surface area contributed by atoms with Gasteiger partial charge in [0.25, 0.3) is 0 Å². The van der Waals surface area contributed by atoms with E-state index < -0.39 is 11.4 Å². The van der Waals surface area contributed by atoms with Gasteiger partial charge in [0.05, 0.1) is 5.69 Å². The average Bonchev–Trinajstić information content (AvgIpc) is 2.41. The third kappa shape index (κ3) is 3.91. The van der Waals surface area contributed by atoms with Gasteiger partial charge in [-0.3, -0.25) is 0 Å². The molecule has 1 amide bonds. The average molecular weight is 327 g/mol. The molecule has 0 radical (unpaired) electrons. The van der Waals surface area contributed by atoms with Gasteiger partial charge in [-0.25, -0.2) is 9.18 Å². The Balaban J connectivity index is 2.14. The van der Waals surface area contributed by atoms with Crippen LogP contribution in [0.25, 0.3) is 5.57 Å². The molecule has 0 saturated heterocycles. The summed E-state index contributed by atoms with van der Waals surface area (Å²) in [5, 5.41) is 0.393. The van der Waals surface area contributed by atoms with E-state index in [0.29, 0.717) is 30.1 Å². The number of halogens is 2. The number of nitrogens with two attached hydrogens (primary N) is 1. The third-order valence-electron chi connectivity index (χ3n) is 3.27. The van der Waals surface area contributed by atoms with Gasteiger partial charge in [-0.1, -0.05) is 17.7 Å². The second kappa shape index (κ2) is 6.16. The summed E-state index contributed by atoms with van der Waals surface area (Å²) in [6, 6.07) is 2.94. The maximum absolute atomic E-state index is 14.1. The smallest absolute Gasteiger partial charge is 0.410 e. The fourth-order valence-corrected chi connectivity index (χ4v) is 2.48. The molecule has 0 aliphatic carbocycles.